The standard InChI is InChI=1S/C22H28F2N2O4/c23-17-1-2-19(24)18(14-17)21(28)26-6-4-22(5-7-26)15-16(3-10-30-22)13-20(27)25-8-11-29-12-9-25/h1-2,14,16H,3-13,15H2. The minimum Gasteiger partial charge on any atom is -0.378 e. The zero-order valence-electron chi connectivity index (χ0n) is 17.1. The molecule has 1 atom stereocenters. The number of morpholine rings is 1. The Bertz CT molecular complexity index is 789. The first kappa shape index (κ1) is 21.2. The quantitative estimate of drug-likeness (QED) is 0.752. The molecular weight excluding hydrogens is 394 g/mol. The van der Waals surface area contributed by atoms with Gasteiger partial charge in [0.05, 0.1) is 24.4 Å². The third-order valence-electron chi connectivity index (χ3n) is 6.54. The molecule has 1 aromatic carbocycles. The van der Waals surface area contributed by atoms with Crippen molar-refractivity contribution in [3.05, 3.63) is 35.4 Å². The summed E-state index contributed by atoms with van der Waals surface area (Å²) >= 11 is 0. The summed E-state index contributed by atoms with van der Waals surface area (Å²) in [4.78, 5) is 28.7. The fourth-order valence-corrected chi connectivity index (χ4v) is 4.79. The molecule has 3 aliphatic rings. The van der Waals surface area contributed by atoms with Crippen LogP contribution in [-0.4, -0.2) is 73.2 Å². The van der Waals surface area contributed by atoms with Crippen molar-refractivity contribution < 1.29 is 27.8 Å². The second kappa shape index (κ2) is 8.98. The highest BCUT2D eigenvalue weighted by Gasteiger charge is 2.42. The summed E-state index contributed by atoms with van der Waals surface area (Å²) in [7, 11) is 0. The molecule has 1 unspecified atom stereocenters. The van der Waals surface area contributed by atoms with Gasteiger partial charge in [0, 0.05) is 39.2 Å². The van der Waals surface area contributed by atoms with Gasteiger partial charge in [-0.1, -0.05) is 0 Å². The molecule has 3 fully saturated rings. The molecule has 1 spiro atoms. The van der Waals surface area contributed by atoms with Crippen LogP contribution in [0.5, 0.6) is 0 Å². The number of benzene rings is 1. The van der Waals surface area contributed by atoms with Gasteiger partial charge in [-0.3, -0.25) is 9.59 Å². The second-order valence-corrected chi connectivity index (χ2v) is 8.50. The van der Waals surface area contributed by atoms with E-state index >= 15 is 0 Å². The lowest BCUT2D eigenvalue weighted by atomic mass is 9.78. The SMILES string of the molecule is O=C(CC1CCOC2(CCN(C(=O)c3cc(F)ccc3F)CC2)C1)N1CCOCC1. The Hall–Kier alpha value is -2.06. The van der Waals surface area contributed by atoms with E-state index in [1.165, 1.54) is 0 Å². The van der Waals surface area contributed by atoms with Crippen LogP contribution < -0.4 is 0 Å². The van der Waals surface area contributed by atoms with Crippen molar-refractivity contribution in [3.63, 3.8) is 0 Å². The summed E-state index contributed by atoms with van der Waals surface area (Å²) in [6.45, 7) is 3.96. The van der Waals surface area contributed by atoms with E-state index in [0.717, 1.165) is 31.0 Å². The lowest BCUT2D eigenvalue weighted by Gasteiger charge is -2.46. The molecule has 2 amide bonds. The Morgan fingerprint density at radius 2 is 1.77 bits per heavy atom. The molecule has 0 saturated carbocycles. The largest absolute Gasteiger partial charge is 0.378 e. The van der Waals surface area contributed by atoms with Crippen molar-refractivity contribution in [2.45, 2.75) is 37.7 Å². The van der Waals surface area contributed by atoms with Crippen molar-refractivity contribution in [1.82, 2.24) is 9.80 Å². The predicted molar refractivity (Wildman–Crippen MR) is 105 cm³/mol. The van der Waals surface area contributed by atoms with Gasteiger partial charge >= 0.3 is 0 Å². The number of hydrogen-bond acceptors (Lipinski definition) is 4. The highest BCUT2D eigenvalue weighted by atomic mass is 19.1. The second-order valence-electron chi connectivity index (χ2n) is 8.50. The molecule has 1 aromatic rings. The lowest BCUT2D eigenvalue weighted by Crippen LogP contribution is -2.51. The zero-order chi connectivity index (χ0) is 21.1. The molecule has 0 aromatic heterocycles. The van der Waals surface area contributed by atoms with Crippen molar-refractivity contribution in [3.8, 4) is 0 Å². The number of hydrogen-bond donors (Lipinski definition) is 0. The van der Waals surface area contributed by atoms with Crippen LogP contribution in [0.3, 0.4) is 0 Å². The van der Waals surface area contributed by atoms with E-state index in [1.54, 1.807) is 4.90 Å². The van der Waals surface area contributed by atoms with Gasteiger partial charge in [0.25, 0.3) is 5.91 Å². The van der Waals surface area contributed by atoms with Crippen LogP contribution in [0.2, 0.25) is 0 Å². The number of halogens is 2. The molecule has 6 nitrogen and oxygen atoms in total. The number of carbonyl (C=O) groups is 2. The number of carbonyl (C=O) groups excluding carboxylic acids is 2. The average Bonchev–Trinajstić information content (AvgIpc) is 2.76. The van der Waals surface area contributed by atoms with Gasteiger partial charge in [-0.25, -0.2) is 8.78 Å². The molecule has 0 bridgehead atoms. The molecule has 0 aliphatic carbocycles. The molecule has 4 rings (SSSR count). The Morgan fingerprint density at radius 1 is 1.03 bits per heavy atom. The first-order valence-electron chi connectivity index (χ1n) is 10.7. The summed E-state index contributed by atoms with van der Waals surface area (Å²) in [6.07, 6.45) is 3.44. The van der Waals surface area contributed by atoms with Gasteiger partial charge in [-0.15, -0.1) is 0 Å². The van der Waals surface area contributed by atoms with Crippen LogP contribution in [0.25, 0.3) is 0 Å². The fraction of sp³-hybridized carbons (Fsp3) is 0.636. The van der Waals surface area contributed by atoms with Gasteiger partial charge in [0.1, 0.15) is 11.6 Å². The molecule has 3 aliphatic heterocycles. The summed E-state index contributed by atoms with van der Waals surface area (Å²) < 4.78 is 38.9. The number of rotatable bonds is 3. The molecule has 3 saturated heterocycles. The maximum atomic E-state index is 14.0. The van der Waals surface area contributed by atoms with Crippen molar-refractivity contribution in [2.75, 3.05) is 46.0 Å². The minimum absolute atomic E-state index is 0.176. The molecule has 3 heterocycles. The molecule has 0 radical (unpaired) electrons. The summed E-state index contributed by atoms with van der Waals surface area (Å²) in [6, 6.07) is 2.94. The highest BCUT2D eigenvalue weighted by Crippen LogP contribution is 2.39. The van der Waals surface area contributed by atoms with Crippen molar-refractivity contribution >= 4 is 11.8 Å². The third kappa shape index (κ3) is 4.64. The Labute approximate surface area is 175 Å². The zero-order valence-corrected chi connectivity index (χ0v) is 17.1. The molecule has 30 heavy (non-hydrogen) atoms. The minimum atomic E-state index is -0.711. The van der Waals surface area contributed by atoms with E-state index in [2.05, 4.69) is 0 Å². The maximum Gasteiger partial charge on any atom is 0.256 e. The van der Waals surface area contributed by atoms with Gasteiger partial charge in [0.15, 0.2) is 0 Å². The topological polar surface area (TPSA) is 59.1 Å². The molecule has 164 valence electrons. The van der Waals surface area contributed by atoms with Gasteiger partial charge in [-0.2, -0.15) is 0 Å². The number of likely N-dealkylation sites (tertiary alicyclic amines) is 1. The Kier molecular flexibility index (Phi) is 6.34. The summed E-state index contributed by atoms with van der Waals surface area (Å²) in [5.41, 5.74) is -0.574. The van der Waals surface area contributed by atoms with Crippen molar-refractivity contribution in [1.29, 1.82) is 0 Å². The number of piperidine rings is 1. The first-order valence-corrected chi connectivity index (χ1v) is 10.7. The lowest BCUT2D eigenvalue weighted by molar-refractivity contribution is -0.143. The van der Waals surface area contributed by atoms with Crippen LogP contribution in [0, 0.1) is 17.6 Å². The average molecular weight is 422 g/mol. The van der Waals surface area contributed by atoms with E-state index in [0.29, 0.717) is 65.3 Å². The Morgan fingerprint density at radius 3 is 2.50 bits per heavy atom. The number of amides is 2. The smallest absolute Gasteiger partial charge is 0.256 e. The van der Waals surface area contributed by atoms with Crippen molar-refractivity contribution in [2.24, 2.45) is 5.92 Å². The number of nitrogens with zero attached hydrogens (tertiary/aromatic N) is 2. The van der Waals surface area contributed by atoms with Gasteiger partial charge in [0.2, 0.25) is 5.91 Å². The fourth-order valence-electron chi connectivity index (χ4n) is 4.79. The Balaban J connectivity index is 1.33. The van der Waals surface area contributed by atoms with Gasteiger partial charge in [-0.05, 0) is 49.8 Å². The molecule has 8 heteroatoms. The maximum absolute atomic E-state index is 14.0. The first-order chi connectivity index (χ1) is 14.5. The number of ether oxygens (including phenoxy) is 2. The van der Waals surface area contributed by atoms with E-state index in [4.69, 9.17) is 9.47 Å². The van der Waals surface area contributed by atoms with E-state index < -0.39 is 17.5 Å². The van der Waals surface area contributed by atoms with Crippen LogP contribution in [-0.2, 0) is 14.3 Å². The summed E-state index contributed by atoms with van der Waals surface area (Å²) in [5, 5.41) is 0. The third-order valence-corrected chi connectivity index (χ3v) is 6.54. The summed E-state index contributed by atoms with van der Waals surface area (Å²) in [5.74, 6) is -1.39. The molecular formula is C22H28F2N2O4. The van der Waals surface area contributed by atoms with Crippen LogP contribution in [0.4, 0.5) is 8.78 Å². The monoisotopic (exact) mass is 422 g/mol. The predicted octanol–water partition coefficient (Wildman–Crippen LogP) is 2.62. The normalized spacial score (nSPS) is 24.1. The van der Waals surface area contributed by atoms with E-state index in [1.807, 2.05) is 4.90 Å². The van der Waals surface area contributed by atoms with E-state index in [-0.39, 0.29) is 23.0 Å². The van der Waals surface area contributed by atoms with Crippen LogP contribution in [0.1, 0.15) is 42.5 Å². The van der Waals surface area contributed by atoms with E-state index in [9.17, 15) is 18.4 Å². The highest BCUT2D eigenvalue weighted by molar-refractivity contribution is 5.94. The van der Waals surface area contributed by atoms with Crippen LogP contribution in [0.15, 0.2) is 18.2 Å². The molecule has 0 N–H and O–H groups in total. The van der Waals surface area contributed by atoms with Gasteiger partial charge < -0.3 is 19.3 Å². The van der Waals surface area contributed by atoms with Crippen LogP contribution >= 0.6 is 0 Å².